The molecule has 1 N–H and O–H groups in total. The maximum atomic E-state index is 11.9. The second-order valence-electron chi connectivity index (χ2n) is 6.07. The van der Waals surface area contributed by atoms with Crippen molar-refractivity contribution in [2.45, 2.75) is 45.4 Å². The summed E-state index contributed by atoms with van der Waals surface area (Å²) in [5.41, 5.74) is 0.396. The van der Waals surface area contributed by atoms with Gasteiger partial charge in [-0.3, -0.25) is 4.79 Å². The molecule has 0 amide bonds. The van der Waals surface area contributed by atoms with E-state index in [0.29, 0.717) is 12.3 Å². The number of hydrogen-bond acceptors (Lipinski definition) is 2. The molecule has 0 bridgehead atoms. The Balaban J connectivity index is 2.23. The van der Waals surface area contributed by atoms with E-state index >= 15 is 0 Å². The third kappa shape index (κ3) is 3.60. The zero-order valence-electron chi connectivity index (χ0n) is 12.7. The number of rotatable bonds is 5. The van der Waals surface area contributed by atoms with Crippen molar-refractivity contribution < 1.29 is 14.6 Å². The summed E-state index contributed by atoms with van der Waals surface area (Å²) in [7, 11) is 1.63. The lowest BCUT2D eigenvalue weighted by molar-refractivity contribution is -0.151. The van der Waals surface area contributed by atoms with Crippen molar-refractivity contribution in [2.75, 3.05) is 7.11 Å². The molecule has 0 aromatic heterocycles. The van der Waals surface area contributed by atoms with Crippen LogP contribution in [0.5, 0.6) is 5.75 Å². The highest BCUT2D eigenvalue weighted by atomic mass is 79.9. The maximum absolute atomic E-state index is 11.9. The van der Waals surface area contributed by atoms with Gasteiger partial charge in [-0.2, -0.15) is 0 Å². The summed E-state index contributed by atoms with van der Waals surface area (Å²) in [4.78, 5) is 11.9. The highest BCUT2D eigenvalue weighted by Crippen LogP contribution is 2.44. The number of halogens is 1. The molecule has 0 radical (unpaired) electrons. The topological polar surface area (TPSA) is 46.5 Å². The molecular weight excluding hydrogens is 332 g/mol. The van der Waals surface area contributed by atoms with Gasteiger partial charge in [0.2, 0.25) is 0 Å². The maximum Gasteiger partial charge on any atom is 0.309 e. The largest absolute Gasteiger partial charge is 0.497 e. The Kier molecular flexibility index (Phi) is 5.31. The Bertz CT molecular complexity index is 505. The van der Waals surface area contributed by atoms with Crippen molar-refractivity contribution in [3.8, 4) is 5.75 Å². The van der Waals surface area contributed by atoms with E-state index in [1.807, 2.05) is 18.2 Å². The highest BCUT2D eigenvalue weighted by Gasteiger charge is 2.42. The molecule has 0 aliphatic heterocycles. The van der Waals surface area contributed by atoms with Crippen LogP contribution in [-0.4, -0.2) is 18.2 Å². The van der Waals surface area contributed by atoms with Gasteiger partial charge in [-0.05, 0) is 61.8 Å². The van der Waals surface area contributed by atoms with E-state index in [1.165, 1.54) is 0 Å². The van der Waals surface area contributed by atoms with Crippen LogP contribution in [0.25, 0.3) is 0 Å². The Morgan fingerprint density at radius 2 is 2.10 bits per heavy atom. The number of methoxy groups -OCH3 is 1. The monoisotopic (exact) mass is 354 g/mol. The van der Waals surface area contributed by atoms with Gasteiger partial charge in [-0.25, -0.2) is 0 Å². The fourth-order valence-corrected chi connectivity index (χ4v) is 3.67. The molecule has 21 heavy (non-hydrogen) atoms. The first-order chi connectivity index (χ1) is 10.0. The highest BCUT2D eigenvalue weighted by molar-refractivity contribution is 9.10. The number of hydrogen-bond donors (Lipinski definition) is 1. The van der Waals surface area contributed by atoms with Crippen molar-refractivity contribution >= 4 is 21.9 Å². The van der Waals surface area contributed by atoms with Crippen LogP contribution < -0.4 is 4.74 Å². The normalized spacial score (nSPS) is 25.6. The Hall–Kier alpha value is -1.03. The van der Waals surface area contributed by atoms with Gasteiger partial charge in [0, 0.05) is 4.47 Å². The number of carbonyl (C=O) groups is 1. The number of benzene rings is 1. The SMILES string of the molecule is CCC1CCC(Cc2cc(OC)ccc2Br)(C(=O)O)CC1. The lowest BCUT2D eigenvalue weighted by atomic mass is 9.67. The van der Waals surface area contributed by atoms with Gasteiger partial charge >= 0.3 is 5.97 Å². The van der Waals surface area contributed by atoms with Crippen molar-refractivity contribution in [2.24, 2.45) is 11.3 Å². The first kappa shape index (κ1) is 16.3. The molecule has 1 aliphatic carbocycles. The molecule has 0 spiro atoms. The van der Waals surface area contributed by atoms with Crippen LogP contribution in [0.15, 0.2) is 22.7 Å². The second-order valence-corrected chi connectivity index (χ2v) is 6.93. The summed E-state index contributed by atoms with van der Waals surface area (Å²) in [5.74, 6) is 0.800. The molecule has 3 nitrogen and oxygen atoms in total. The minimum atomic E-state index is -0.660. The van der Waals surface area contributed by atoms with E-state index in [9.17, 15) is 9.90 Å². The van der Waals surface area contributed by atoms with Gasteiger partial charge in [0.15, 0.2) is 0 Å². The molecule has 1 aliphatic rings. The molecular formula is C17H23BrO3. The van der Waals surface area contributed by atoms with Crippen molar-refractivity contribution in [3.05, 3.63) is 28.2 Å². The molecule has 0 saturated heterocycles. The summed E-state index contributed by atoms with van der Waals surface area (Å²) < 4.78 is 6.22. The fourth-order valence-electron chi connectivity index (χ4n) is 3.28. The number of ether oxygens (including phenoxy) is 1. The summed E-state index contributed by atoms with van der Waals surface area (Å²) in [6.45, 7) is 2.19. The predicted octanol–water partition coefficient (Wildman–Crippen LogP) is 4.67. The van der Waals surface area contributed by atoms with Crippen molar-refractivity contribution in [3.63, 3.8) is 0 Å². The predicted molar refractivity (Wildman–Crippen MR) is 86.7 cm³/mol. The second kappa shape index (κ2) is 6.82. The van der Waals surface area contributed by atoms with E-state index in [4.69, 9.17) is 4.74 Å². The van der Waals surface area contributed by atoms with Gasteiger partial charge in [0.1, 0.15) is 5.75 Å². The van der Waals surface area contributed by atoms with E-state index in [1.54, 1.807) is 7.11 Å². The summed E-state index contributed by atoms with van der Waals surface area (Å²) in [5, 5.41) is 9.78. The van der Waals surface area contributed by atoms with Crippen LogP contribution in [0.1, 0.15) is 44.6 Å². The lowest BCUT2D eigenvalue weighted by Gasteiger charge is -2.37. The van der Waals surface area contributed by atoms with E-state index in [2.05, 4.69) is 22.9 Å². The Morgan fingerprint density at radius 3 is 2.62 bits per heavy atom. The number of carboxylic acid groups (broad SMARTS) is 1. The molecule has 0 heterocycles. The molecule has 2 rings (SSSR count). The fraction of sp³-hybridized carbons (Fsp3) is 0.588. The van der Waals surface area contributed by atoms with Gasteiger partial charge in [0.05, 0.1) is 12.5 Å². The molecule has 4 heteroatoms. The number of carboxylic acids is 1. The van der Waals surface area contributed by atoms with E-state index < -0.39 is 11.4 Å². The third-order valence-electron chi connectivity index (χ3n) is 4.88. The van der Waals surface area contributed by atoms with E-state index in [0.717, 1.165) is 47.9 Å². The van der Waals surface area contributed by atoms with Gasteiger partial charge in [0.25, 0.3) is 0 Å². The van der Waals surface area contributed by atoms with Gasteiger partial charge in [-0.15, -0.1) is 0 Å². The zero-order chi connectivity index (χ0) is 15.5. The average molecular weight is 355 g/mol. The van der Waals surface area contributed by atoms with Crippen molar-refractivity contribution in [1.29, 1.82) is 0 Å². The average Bonchev–Trinajstić information content (AvgIpc) is 2.50. The first-order valence-electron chi connectivity index (χ1n) is 7.56. The minimum Gasteiger partial charge on any atom is -0.497 e. The van der Waals surface area contributed by atoms with Crippen LogP contribution in [0, 0.1) is 11.3 Å². The smallest absolute Gasteiger partial charge is 0.309 e. The summed E-state index contributed by atoms with van der Waals surface area (Å²) in [6.07, 6.45) is 5.29. The molecule has 1 saturated carbocycles. The van der Waals surface area contributed by atoms with Gasteiger partial charge in [-0.1, -0.05) is 29.3 Å². The lowest BCUT2D eigenvalue weighted by Crippen LogP contribution is -2.37. The van der Waals surface area contributed by atoms with Crippen molar-refractivity contribution in [1.82, 2.24) is 0 Å². The molecule has 1 aromatic carbocycles. The Morgan fingerprint density at radius 1 is 1.43 bits per heavy atom. The van der Waals surface area contributed by atoms with Crippen LogP contribution in [0.3, 0.4) is 0 Å². The quantitative estimate of drug-likeness (QED) is 0.835. The van der Waals surface area contributed by atoms with Crippen LogP contribution in [0.4, 0.5) is 0 Å². The minimum absolute atomic E-state index is 0.566. The third-order valence-corrected chi connectivity index (χ3v) is 5.65. The van der Waals surface area contributed by atoms with Crippen LogP contribution in [0.2, 0.25) is 0 Å². The first-order valence-corrected chi connectivity index (χ1v) is 8.36. The molecule has 0 atom stereocenters. The number of aliphatic carboxylic acids is 1. The molecule has 116 valence electrons. The van der Waals surface area contributed by atoms with Crippen LogP contribution in [-0.2, 0) is 11.2 Å². The summed E-state index contributed by atoms with van der Waals surface area (Å²) in [6, 6.07) is 5.76. The molecule has 1 fully saturated rings. The Labute approximate surface area is 134 Å². The standard InChI is InChI=1S/C17H23BrO3/c1-3-12-6-8-17(9-7-12,16(19)20)11-13-10-14(21-2)4-5-15(13)18/h4-5,10,12H,3,6-9,11H2,1-2H3,(H,19,20). The zero-order valence-corrected chi connectivity index (χ0v) is 14.3. The van der Waals surface area contributed by atoms with Crippen LogP contribution >= 0.6 is 15.9 Å². The van der Waals surface area contributed by atoms with E-state index in [-0.39, 0.29) is 0 Å². The van der Waals surface area contributed by atoms with Gasteiger partial charge < -0.3 is 9.84 Å². The molecule has 1 aromatic rings. The summed E-state index contributed by atoms with van der Waals surface area (Å²) >= 11 is 3.54. The molecule has 0 unspecified atom stereocenters.